The molecular weight excluding hydrogens is 487 g/mol. The first kappa shape index (κ1) is 26.4. The summed E-state index contributed by atoms with van der Waals surface area (Å²) in [7, 11) is 2.99. The van der Waals surface area contributed by atoms with Crippen LogP contribution < -0.4 is 9.47 Å². The van der Waals surface area contributed by atoms with Crippen molar-refractivity contribution in [3.05, 3.63) is 95.6 Å². The number of hydrogen-bond donors (Lipinski definition) is 1. The summed E-state index contributed by atoms with van der Waals surface area (Å²) < 4.78 is 50.9. The fourth-order valence-electron chi connectivity index (χ4n) is 5.63. The van der Waals surface area contributed by atoms with Crippen LogP contribution in [0, 0.1) is 0 Å². The van der Waals surface area contributed by atoms with Crippen molar-refractivity contribution < 1.29 is 41.8 Å². The van der Waals surface area contributed by atoms with Crippen molar-refractivity contribution in [2.24, 2.45) is 0 Å². The largest absolute Gasteiger partial charge is 0.510 e. The Kier molecular flexibility index (Phi) is 7.12. The lowest BCUT2D eigenvalue weighted by molar-refractivity contribution is -0.794. The summed E-state index contributed by atoms with van der Waals surface area (Å²) in [5.41, 5.74) is 0.175. The number of rotatable bonds is 7. The molecule has 1 aliphatic rings. The molecule has 1 saturated heterocycles. The molecule has 3 aromatic carbocycles. The Morgan fingerprint density at radius 2 is 1.32 bits per heavy atom. The Hall–Kier alpha value is -3.69. The number of ether oxygens (including phenoxy) is 2. The number of imide groups is 1. The van der Waals surface area contributed by atoms with Crippen LogP contribution in [0.2, 0.25) is 0 Å². The molecule has 0 radical (unpaired) electrons. The third-order valence-electron chi connectivity index (χ3n) is 7.19. The van der Waals surface area contributed by atoms with Crippen molar-refractivity contribution in [3.63, 3.8) is 0 Å². The first-order valence-electron chi connectivity index (χ1n) is 11.6. The van der Waals surface area contributed by atoms with Gasteiger partial charge >= 0.3 is 18.5 Å². The lowest BCUT2D eigenvalue weighted by Crippen LogP contribution is -2.66. The molecular formula is C28H27F3NO5+. The Bertz CT molecular complexity index is 1200. The van der Waals surface area contributed by atoms with Crippen molar-refractivity contribution in [1.29, 1.82) is 0 Å². The summed E-state index contributed by atoms with van der Waals surface area (Å²) in [4.78, 5) is 25.6. The molecule has 0 aliphatic carbocycles. The van der Waals surface area contributed by atoms with Crippen molar-refractivity contribution in [2.75, 3.05) is 20.8 Å². The monoisotopic (exact) mass is 514 g/mol. The molecule has 6 nitrogen and oxygen atoms in total. The van der Waals surface area contributed by atoms with Gasteiger partial charge in [0.1, 0.15) is 30.2 Å². The molecule has 194 valence electrons. The number of halogens is 3. The Labute approximate surface area is 212 Å². The van der Waals surface area contributed by atoms with Crippen LogP contribution in [0.25, 0.3) is 0 Å². The lowest BCUT2D eigenvalue weighted by atomic mass is 9.63. The minimum absolute atomic E-state index is 0.0292. The maximum Gasteiger partial charge on any atom is 0.510 e. The van der Waals surface area contributed by atoms with Gasteiger partial charge in [0.2, 0.25) is 0 Å². The quantitative estimate of drug-likeness (QED) is 0.290. The van der Waals surface area contributed by atoms with Gasteiger partial charge in [0.05, 0.1) is 19.6 Å². The third kappa shape index (κ3) is 4.38. The van der Waals surface area contributed by atoms with Crippen molar-refractivity contribution >= 4 is 12.3 Å². The molecule has 1 aliphatic heterocycles. The molecule has 0 aromatic heterocycles. The van der Waals surface area contributed by atoms with Gasteiger partial charge in [-0.15, -0.1) is 0 Å². The number of aliphatic hydroxyl groups is 1. The number of alkyl halides is 3. The van der Waals surface area contributed by atoms with E-state index < -0.39 is 40.7 Å². The van der Waals surface area contributed by atoms with E-state index in [9.17, 15) is 27.9 Å². The molecule has 1 heterocycles. The highest BCUT2D eigenvalue weighted by Gasteiger charge is 2.68. The average molecular weight is 515 g/mol. The van der Waals surface area contributed by atoms with E-state index in [2.05, 4.69) is 0 Å². The second-order valence-corrected chi connectivity index (χ2v) is 9.06. The fourth-order valence-corrected chi connectivity index (χ4v) is 5.63. The summed E-state index contributed by atoms with van der Waals surface area (Å²) in [6, 6.07) is 20.9. The standard InChI is InChI=1S/C28H27F3NO5/c1-36-23-12-8-20(9-13-23)27(19-6-4-3-5-7-19,21-10-14-24(37-2)15-11-21)25-16-22(34)17-32(25,18-33)26(35)28(29,30)31/h3-15,18,22,25,34H,16-17H2,1-2H3/q+1. The van der Waals surface area contributed by atoms with E-state index in [-0.39, 0.29) is 12.8 Å². The van der Waals surface area contributed by atoms with Crippen molar-refractivity contribution in [3.8, 4) is 11.5 Å². The molecule has 3 atom stereocenters. The number of nitrogens with zero attached hydrogens (tertiary/aromatic N) is 1. The van der Waals surface area contributed by atoms with Gasteiger partial charge in [-0.2, -0.15) is 17.7 Å². The second-order valence-electron chi connectivity index (χ2n) is 9.06. The molecule has 9 heteroatoms. The van der Waals surface area contributed by atoms with Gasteiger partial charge in [-0.3, -0.25) is 0 Å². The van der Waals surface area contributed by atoms with Crippen molar-refractivity contribution in [1.82, 2.24) is 0 Å². The Morgan fingerprint density at radius 3 is 1.73 bits per heavy atom. The van der Waals surface area contributed by atoms with Gasteiger partial charge in [-0.1, -0.05) is 54.6 Å². The van der Waals surface area contributed by atoms with E-state index >= 15 is 0 Å². The summed E-state index contributed by atoms with van der Waals surface area (Å²) in [5, 5.41) is 10.7. The van der Waals surface area contributed by atoms with E-state index in [0.29, 0.717) is 28.2 Å². The van der Waals surface area contributed by atoms with Crippen LogP contribution in [0.3, 0.4) is 0 Å². The highest BCUT2D eigenvalue weighted by Crippen LogP contribution is 2.51. The summed E-state index contributed by atoms with van der Waals surface area (Å²) >= 11 is 0. The number of amides is 2. The van der Waals surface area contributed by atoms with E-state index in [1.54, 1.807) is 78.9 Å². The van der Waals surface area contributed by atoms with Gasteiger partial charge in [0.15, 0.2) is 0 Å². The number of aliphatic hydroxyl groups excluding tert-OH is 1. The second kappa shape index (κ2) is 9.99. The van der Waals surface area contributed by atoms with Crippen LogP contribution in [-0.2, 0) is 15.0 Å². The molecule has 0 saturated carbocycles. The zero-order valence-electron chi connectivity index (χ0n) is 20.3. The maximum atomic E-state index is 14.0. The Balaban J connectivity index is 2.13. The van der Waals surface area contributed by atoms with Crippen molar-refractivity contribution in [2.45, 2.75) is 30.2 Å². The number of quaternary nitrogens is 1. The summed E-state index contributed by atoms with van der Waals surface area (Å²) in [5.74, 6) is -1.17. The van der Waals surface area contributed by atoms with Crippen LogP contribution in [0.15, 0.2) is 78.9 Å². The van der Waals surface area contributed by atoms with Crippen LogP contribution in [-0.4, -0.2) is 61.0 Å². The normalized spacial score (nSPS) is 21.9. The zero-order chi connectivity index (χ0) is 26.8. The maximum absolute atomic E-state index is 14.0. The van der Waals surface area contributed by atoms with Gasteiger partial charge in [0, 0.05) is 6.42 Å². The molecule has 3 unspecified atom stereocenters. The first-order valence-corrected chi connectivity index (χ1v) is 11.6. The smallest absolute Gasteiger partial charge is 0.497 e. The fraction of sp³-hybridized carbons (Fsp3) is 0.286. The van der Waals surface area contributed by atoms with Crippen LogP contribution in [0.1, 0.15) is 23.1 Å². The summed E-state index contributed by atoms with van der Waals surface area (Å²) in [6.45, 7) is -0.687. The molecule has 1 N–H and O–H groups in total. The van der Waals surface area contributed by atoms with E-state index in [4.69, 9.17) is 9.47 Å². The number of carbonyl (C=O) groups excluding carboxylic acids is 2. The number of likely N-dealkylation sites (tertiary alicyclic amines) is 1. The van der Waals surface area contributed by atoms with Gasteiger partial charge in [-0.25, -0.2) is 9.59 Å². The van der Waals surface area contributed by atoms with E-state index in [1.165, 1.54) is 14.2 Å². The van der Waals surface area contributed by atoms with Crippen LogP contribution in [0.5, 0.6) is 11.5 Å². The number of carbonyl (C=O) groups is 2. The Morgan fingerprint density at radius 1 is 0.865 bits per heavy atom. The first-order chi connectivity index (χ1) is 17.6. The average Bonchev–Trinajstić information content (AvgIpc) is 3.26. The molecule has 2 amide bonds. The number of hydrogen-bond acceptors (Lipinski definition) is 5. The highest BCUT2D eigenvalue weighted by atomic mass is 19.4. The molecule has 37 heavy (non-hydrogen) atoms. The van der Waals surface area contributed by atoms with Gasteiger partial charge in [0.25, 0.3) is 0 Å². The minimum atomic E-state index is -5.30. The van der Waals surface area contributed by atoms with Gasteiger partial charge < -0.3 is 14.6 Å². The predicted molar refractivity (Wildman–Crippen MR) is 129 cm³/mol. The van der Waals surface area contributed by atoms with Crippen LogP contribution >= 0.6 is 0 Å². The molecule has 3 aromatic rings. The zero-order valence-corrected chi connectivity index (χ0v) is 20.3. The minimum Gasteiger partial charge on any atom is -0.497 e. The molecule has 0 spiro atoms. The molecule has 0 bridgehead atoms. The highest BCUT2D eigenvalue weighted by molar-refractivity contribution is 5.82. The lowest BCUT2D eigenvalue weighted by Gasteiger charge is -2.45. The number of methoxy groups -OCH3 is 2. The predicted octanol–water partition coefficient (Wildman–Crippen LogP) is 4.23. The van der Waals surface area contributed by atoms with Crippen LogP contribution in [0.4, 0.5) is 13.2 Å². The molecule has 1 fully saturated rings. The topological polar surface area (TPSA) is 72.8 Å². The summed E-state index contributed by atoms with van der Waals surface area (Å²) in [6.07, 6.45) is -6.82. The third-order valence-corrected chi connectivity index (χ3v) is 7.19. The number of benzene rings is 3. The van der Waals surface area contributed by atoms with E-state index in [1.807, 2.05) is 0 Å². The molecule has 4 rings (SSSR count). The van der Waals surface area contributed by atoms with E-state index in [0.717, 1.165) is 0 Å². The van der Waals surface area contributed by atoms with Gasteiger partial charge in [-0.05, 0) is 41.0 Å². The SMILES string of the molecule is COc1ccc(C(c2ccccc2)(c2ccc(OC)cc2)C2CC(O)C[N+]2(C=O)C(=O)C(F)(F)F)cc1.